The number of benzene rings is 1. The molecule has 0 atom stereocenters. The first-order valence-corrected chi connectivity index (χ1v) is 9.98. The third kappa shape index (κ3) is 7.62. The second-order valence-corrected chi connectivity index (χ2v) is 6.38. The van der Waals surface area contributed by atoms with E-state index in [0.29, 0.717) is 38.8 Å². The largest absolute Gasteiger partial charge is 0.491 e. The third-order valence-electron chi connectivity index (χ3n) is 4.15. The molecule has 0 spiro atoms. The van der Waals surface area contributed by atoms with E-state index in [9.17, 15) is 0 Å². The lowest BCUT2D eigenvalue weighted by atomic mass is 10.1. The molecule has 7 nitrogen and oxygen atoms in total. The average Bonchev–Trinajstić information content (AvgIpc) is 2.74. The van der Waals surface area contributed by atoms with Crippen LogP contribution in [-0.4, -0.2) is 44.4 Å². The second kappa shape index (κ2) is 12.6. The van der Waals surface area contributed by atoms with Crippen molar-refractivity contribution in [1.82, 2.24) is 15.6 Å². The second-order valence-electron chi connectivity index (χ2n) is 6.38. The number of aryl methyl sites for hydroxylation is 1. The van der Waals surface area contributed by atoms with E-state index in [1.807, 2.05) is 32.0 Å². The molecule has 0 saturated heterocycles. The number of nitrogens with zero attached hydrogens (tertiary/aromatic N) is 2. The number of hydrogen-bond acceptors (Lipinski definition) is 5. The summed E-state index contributed by atoms with van der Waals surface area (Å²) in [6.07, 6.45) is 1.71. The topological polar surface area (TPSA) is 77.0 Å². The zero-order valence-corrected chi connectivity index (χ0v) is 17.8. The van der Waals surface area contributed by atoms with E-state index in [4.69, 9.17) is 14.2 Å². The summed E-state index contributed by atoms with van der Waals surface area (Å²) < 4.78 is 16.6. The number of hydrogen-bond donors (Lipinski definition) is 2. The summed E-state index contributed by atoms with van der Waals surface area (Å²) in [6, 6.07) is 10.0. The van der Waals surface area contributed by atoms with E-state index in [1.165, 1.54) is 0 Å². The maximum Gasteiger partial charge on any atom is 0.218 e. The standard InChI is InChI=1S/C22H32N4O3/c1-5-23-22(26-16-19-8-7-11-24-21(19)27-4)25-15-18-10-9-17(3)14-20(18)29-13-12-28-6-2/h7-11,14H,5-6,12-13,15-16H2,1-4H3,(H2,23,25,26). The van der Waals surface area contributed by atoms with Gasteiger partial charge in [-0.05, 0) is 38.5 Å². The smallest absolute Gasteiger partial charge is 0.218 e. The van der Waals surface area contributed by atoms with E-state index in [1.54, 1.807) is 13.3 Å². The minimum Gasteiger partial charge on any atom is -0.491 e. The quantitative estimate of drug-likeness (QED) is 0.343. The van der Waals surface area contributed by atoms with E-state index in [2.05, 4.69) is 39.7 Å². The summed E-state index contributed by atoms with van der Waals surface area (Å²) in [5.74, 6) is 2.18. The van der Waals surface area contributed by atoms with Gasteiger partial charge < -0.3 is 24.8 Å². The van der Waals surface area contributed by atoms with Crippen LogP contribution in [0, 0.1) is 6.92 Å². The van der Waals surface area contributed by atoms with E-state index in [-0.39, 0.29) is 0 Å². The van der Waals surface area contributed by atoms with Crippen LogP contribution in [0.1, 0.15) is 30.5 Å². The lowest BCUT2D eigenvalue weighted by Crippen LogP contribution is -2.36. The molecule has 7 heteroatoms. The van der Waals surface area contributed by atoms with Crippen molar-refractivity contribution < 1.29 is 14.2 Å². The maximum absolute atomic E-state index is 5.92. The molecule has 29 heavy (non-hydrogen) atoms. The van der Waals surface area contributed by atoms with Gasteiger partial charge in [0.15, 0.2) is 5.96 Å². The van der Waals surface area contributed by atoms with Crippen LogP contribution in [0.5, 0.6) is 11.6 Å². The van der Waals surface area contributed by atoms with Crippen molar-refractivity contribution in [2.24, 2.45) is 4.99 Å². The van der Waals surface area contributed by atoms with E-state index < -0.39 is 0 Å². The molecule has 2 N–H and O–H groups in total. The molecule has 1 heterocycles. The molecule has 0 unspecified atom stereocenters. The number of methoxy groups -OCH3 is 1. The summed E-state index contributed by atoms with van der Waals surface area (Å²) in [6.45, 7) is 9.70. The molecule has 2 aromatic rings. The van der Waals surface area contributed by atoms with Crippen molar-refractivity contribution in [3.63, 3.8) is 0 Å². The Hall–Kier alpha value is -2.80. The number of guanidine groups is 1. The molecular weight excluding hydrogens is 368 g/mol. The monoisotopic (exact) mass is 400 g/mol. The first-order valence-electron chi connectivity index (χ1n) is 9.98. The fraction of sp³-hybridized carbons (Fsp3) is 0.455. The number of ether oxygens (including phenoxy) is 3. The zero-order valence-electron chi connectivity index (χ0n) is 17.8. The van der Waals surface area contributed by atoms with Crippen molar-refractivity contribution in [3.8, 4) is 11.6 Å². The van der Waals surface area contributed by atoms with Gasteiger partial charge in [-0.2, -0.15) is 0 Å². The SMILES string of the molecule is CCNC(=NCc1cccnc1OC)NCc1ccc(C)cc1OCCOCC. The zero-order chi connectivity index (χ0) is 20.9. The first-order chi connectivity index (χ1) is 14.2. The minimum absolute atomic E-state index is 0.470. The molecule has 1 aromatic heterocycles. The van der Waals surface area contributed by atoms with Crippen molar-refractivity contribution in [2.75, 3.05) is 33.5 Å². The van der Waals surface area contributed by atoms with Crippen LogP contribution in [0.15, 0.2) is 41.5 Å². The molecule has 0 bridgehead atoms. The van der Waals surface area contributed by atoms with Crippen LogP contribution >= 0.6 is 0 Å². The minimum atomic E-state index is 0.470. The predicted octanol–water partition coefficient (Wildman–Crippen LogP) is 3.07. The number of pyridine rings is 1. The number of aliphatic imine (C=N–C) groups is 1. The van der Waals surface area contributed by atoms with Gasteiger partial charge >= 0.3 is 0 Å². The molecule has 1 aromatic carbocycles. The van der Waals surface area contributed by atoms with Gasteiger partial charge in [0.05, 0.1) is 20.3 Å². The Balaban J connectivity index is 2.04. The summed E-state index contributed by atoms with van der Waals surface area (Å²) in [4.78, 5) is 8.87. The van der Waals surface area contributed by atoms with Crippen molar-refractivity contribution >= 4 is 5.96 Å². The Bertz CT molecular complexity index is 780. The summed E-state index contributed by atoms with van der Waals surface area (Å²) in [7, 11) is 1.61. The van der Waals surface area contributed by atoms with Crippen LogP contribution < -0.4 is 20.1 Å². The van der Waals surface area contributed by atoms with Crippen molar-refractivity contribution in [1.29, 1.82) is 0 Å². The van der Waals surface area contributed by atoms with E-state index in [0.717, 1.165) is 34.9 Å². The molecule has 0 aliphatic rings. The van der Waals surface area contributed by atoms with Gasteiger partial charge in [-0.25, -0.2) is 9.98 Å². The van der Waals surface area contributed by atoms with Gasteiger partial charge in [0.2, 0.25) is 5.88 Å². The molecule has 0 fully saturated rings. The highest BCUT2D eigenvalue weighted by Gasteiger charge is 2.07. The lowest BCUT2D eigenvalue weighted by molar-refractivity contribution is 0.110. The summed E-state index contributed by atoms with van der Waals surface area (Å²) >= 11 is 0. The Morgan fingerprint density at radius 3 is 2.72 bits per heavy atom. The van der Waals surface area contributed by atoms with Gasteiger partial charge in [-0.15, -0.1) is 0 Å². The first kappa shape index (κ1) is 22.5. The Kier molecular flexibility index (Phi) is 9.78. The lowest BCUT2D eigenvalue weighted by Gasteiger charge is -2.15. The van der Waals surface area contributed by atoms with Gasteiger partial charge in [0.1, 0.15) is 12.4 Å². The molecule has 158 valence electrons. The van der Waals surface area contributed by atoms with Crippen molar-refractivity contribution in [3.05, 3.63) is 53.2 Å². The highest BCUT2D eigenvalue weighted by Crippen LogP contribution is 2.20. The molecule has 2 rings (SSSR count). The summed E-state index contributed by atoms with van der Waals surface area (Å²) in [5.41, 5.74) is 3.16. The maximum atomic E-state index is 5.92. The number of rotatable bonds is 11. The van der Waals surface area contributed by atoms with Crippen LogP contribution in [0.3, 0.4) is 0 Å². The highest BCUT2D eigenvalue weighted by molar-refractivity contribution is 5.79. The Morgan fingerprint density at radius 2 is 1.97 bits per heavy atom. The van der Waals surface area contributed by atoms with Crippen LogP contribution in [0.2, 0.25) is 0 Å². The molecule has 0 saturated carbocycles. The molecule has 0 radical (unpaired) electrons. The Labute approximate surface area is 173 Å². The summed E-state index contributed by atoms with van der Waals surface area (Å²) in [5, 5.41) is 6.64. The van der Waals surface area contributed by atoms with Gasteiger partial charge in [-0.1, -0.05) is 18.2 Å². The highest BCUT2D eigenvalue weighted by atomic mass is 16.5. The average molecular weight is 401 g/mol. The van der Waals surface area contributed by atoms with Crippen LogP contribution in [-0.2, 0) is 17.8 Å². The molecule has 0 amide bonds. The van der Waals surface area contributed by atoms with E-state index >= 15 is 0 Å². The van der Waals surface area contributed by atoms with Crippen LogP contribution in [0.25, 0.3) is 0 Å². The van der Waals surface area contributed by atoms with Gasteiger partial charge in [0, 0.05) is 37.0 Å². The van der Waals surface area contributed by atoms with Crippen molar-refractivity contribution in [2.45, 2.75) is 33.9 Å². The van der Waals surface area contributed by atoms with Gasteiger partial charge in [-0.3, -0.25) is 0 Å². The third-order valence-corrected chi connectivity index (χ3v) is 4.15. The fourth-order valence-electron chi connectivity index (χ4n) is 2.71. The molecule has 0 aliphatic heterocycles. The predicted molar refractivity (Wildman–Crippen MR) is 116 cm³/mol. The number of nitrogens with one attached hydrogen (secondary N) is 2. The molecule has 0 aliphatic carbocycles. The molecular formula is C22H32N4O3. The number of aromatic nitrogens is 1. The fourth-order valence-corrected chi connectivity index (χ4v) is 2.71. The van der Waals surface area contributed by atoms with Gasteiger partial charge in [0.25, 0.3) is 0 Å². The normalized spacial score (nSPS) is 11.2. The van der Waals surface area contributed by atoms with Crippen LogP contribution in [0.4, 0.5) is 0 Å². The Morgan fingerprint density at radius 1 is 1.10 bits per heavy atom.